The van der Waals surface area contributed by atoms with Crippen molar-refractivity contribution in [1.29, 1.82) is 0 Å². The van der Waals surface area contributed by atoms with Crippen LogP contribution in [0.2, 0.25) is 0 Å². The molecule has 1 amide bonds. The number of esters is 1. The fourth-order valence-electron chi connectivity index (χ4n) is 1.94. The molecule has 5 nitrogen and oxygen atoms in total. The average molecular weight is 362 g/mol. The Morgan fingerprint density at radius 1 is 1.32 bits per heavy atom. The van der Waals surface area contributed by atoms with Gasteiger partial charge in [0, 0.05) is 22.9 Å². The molecule has 9 heteroatoms. The maximum atomic E-state index is 14.0. The summed E-state index contributed by atoms with van der Waals surface area (Å²) < 4.78 is 55.6. The second-order valence-electron chi connectivity index (χ2n) is 5.42. The molecule has 25 heavy (non-hydrogen) atoms. The maximum Gasteiger partial charge on any atom is 0.471 e. The minimum atomic E-state index is -5.07. The van der Waals surface area contributed by atoms with Crippen LogP contribution < -0.4 is 11.1 Å². The van der Waals surface area contributed by atoms with Gasteiger partial charge in [0.2, 0.25) is 0 Å². The molecule has 0 fully saturated rings. The van der Waals surface area contributed by atoms with E-state index in [-0.39, 0.29) is 24.3 Å². The number of halogens is 4. The van der Waals surface area contributed by atoms with Gasteiger partial charge in [-0.2, -0.15) is 13.2 Å². The maximum absolute atomic E-state index is 14.0. The van der Waals surface area contributed by atoms with Gasteiger partial charge >= 0.3 is 18.1 Å². The third-order valence-electron chi connectivity index (χ3n) is 3.18. The lowest BCUT2D eigenvalue weighted by Gasteiger charge is -2.25. The van der Waals surface area contributed by atoms with Crippen molar-refractivity contribution in [2.24, 2.45) is 5.73 Å². The minimum Gasteiger partial charge on any atom is -0.463 e. The number of carbonyl (C=O) groups excluding carboxylic acids is 2. The minimum absolute atomic E-state index is 0.0133. The van der Waals surface area contributed by atoms with E-state index >= 15 is 0 Å². The number of amides is 1. The largest absolute Gasteiger partial charge is 0.471 e. The summed E-state index contributed by atoms with van der Waals surface area (Å²) in [6.45, 7) is 3.27. The molecule has 3 N–H and O–H groups in total. The van der Waals surface area contributed by atoms with Gasteiger partial charge in [0.1, 0.15) is 5.82 Å². The summed E-state index contributed by atoms with van der Waals surface area (Å²) in [4.78, 5) is 22.2. The van der Waals surface area contributed by atoms with Gasteiger partial charge in [-0.25, -0.2) is 9.18 Å². The highest BCUT2D eigenvalue weighted by atomic mass is 19.4. The summed E-state index contributed by atoms with van der Waals surface area (Å²) in [7, 11) is 0. The summed E-state index contributed by atoms with van der Waals surface area (Å²) >= 11 is 0. The number of hydrogen-bond donors (Lipinski definition) is 2. The molecule has 0 aliphatic rings. The van der Waals surface area contributed by atoms with E-state index in [1.165, 1.54) is 13.0 Å². The topological polar surface area (TPSA) is 81.4 Å². The van der Waals surface area contributed by atoms with Crippen molar-refractivity contribution in [2.75, 3.05) is 11.9 Å². The molecule has 0 heterocycles. The fourth-order valence-corrected chi connectivity index (χ4v) is 1.94. The van der Waals surface area contributed by atoms with E-state index in [9.17, 15) is 27.2 Å². The van der Waals surface area contributed by atoms with Gasteiger partial charge in [-0.05, 0) is 38.5 Å². The van der Waals surface area contributed by atoms with Gasteiger partial charge in [0.15, 0.2) is 0 Å². The first-order valence-electron chi connectivity index (χ1n) is 7.27. The molecule has 0 saturated carbocycles. The predicted molar refractivity (Wildman–Crippen MR) is 83.0 cm³/mol. The first-order chi connectivity index (χ1) is 11.5. The van der Waals surface area contributed by atoms with E-state index < -0.39 is 29.4 Å². The Labute approximate surface area is 141 Å². The molecule has 0 saturated heterocycles. The van der Waals surface area contributed by atoms with Crippen LogP contribution in [0.4, 0.5) is 23.2 Å². The van der Waals surface area contributed by atoms with Gasteiger partial charge in [0.05, 0.1) is 6.61 Å². The third kappa shape index (κ3) is 6.18. The molecule has 0 aliphatic heterocycles. The number of nitrogens with two attached hydrogens (primary N) is 1. The quantitative estimate of drug-likeness (QED) is 0.463. The summed E-state index contributed by atoms with van der Waals surface area (Å²) in [6.07, 6.45) is -2.55. The van der Waals surface area contributed by atoms with Crippen molar-refractivity contribution >= 4 is 17.6 Å². The number of nitrogens with one attached hydrogen (secondary N) is 1. The van der Waals surface area contributed by atoms with Crippen molar-refractivity contribution < 1.29 is 31.9 Å². The summed E-state index contributed by atoms with van der Waals surface area (Å²) in [5, 5.41) is 1.63. The van der Waals surface area contributed by atoms with Crippen molar-refractivity contribution in [1.82, 2.24) is 0 Å². The molecule has 1 aromatic rings. The molecule has 0 aromatic heterocycles. The molecule has 138 valence electrons. The van der Waals surface area contributed by atoms with E-state index in [2.05, 4.69) is 4.74 Å². The fraction of sp³-hybridized carbons (Fsp3) is 0.375. The van der Waals surface area contributed by atoms with Crippen LogP contribution in [-0.2, 0) is 19.9 Å². The Bertz CT molecular complexity index is 670. The highest BCUT2D eigenvalue weighted by Gasteiger charge is 2.38. The number of anilines is 1. The van der Waals surface area contributed by atoms with E-state index in [4.69, 9.17) is 5.73 Å². The number of carbonyl (C=O) groups is 2. The Morgan fingerprint density at radius 2 is 1.96 bits per heavy atom. The second-order valence-corrected chi connectivity index (χ2v) is 5.42. The molecule has 1 aromatic carbocycles. The molecule has 0 aliphatic carbocycles. The summed E-state index contributed by atoms with van der Waals surface area (Å²) in [5.41, 5.74) is 4.32. The molecule has 1 rings (SSSR count). The number of alkyl halides is 3. The molecule has 0 spiro atoms. The third-order valence-corrected chi connectivity index (χ3v) is 3.18. The molecular formula is C16H18F4N2O3. The number of hydrogen-bond acceptors (Lipinski definition) is 4. The lowest BCUT2D eigenvalue weighted by atomic mass is 9.88. The Hall–Kier alpha value is -2.42. The Kier molecular flexibility index (Phi) is 6.69. The van der Waals surface area contributed by atoms with Crippen molar-refractivity contribution in [2.45, 2.75) is 32.0 Å². The number of rotatable bonds is 6. The SMILES string of the molecule is CCOC(=O)/C=C/C[C@](C)(N)c1cc(NC(=O)C(F)(F)F)ccc1F. The summed E-state index contributed by atoms with van der Waals surface area (Å²) in [6, 6.07) is 2.92. The van der Waals surface area contributed by atoms with Gasteiger partial charge in [-0.3, -0.25) is 4.79 Å². The van der Waals surface area contributed by atoms with E-state index in [1.54, 1.807) is 12.2 Å². The Morgan fingerprint density at radius 3 is 2.52 bits per heavy atom. The molecule has 1 atom stereocenters. The number of benzene rings is 1. The Balaban J connectivity index is 2.97. The number of ether oxygens (including phenoxy) is 1. The van der Waals surface area contributed by atoms with Gasteiger partial charge in [-0.15, -0.1) is 0 Å². The lowest BCUT2D eigenvalue weighted by molar-refractivity contribution is -0.167. The first kappa shape index (κ1) is 20.6. The smallest absolute Gasteiger partial charge is 0.463 e. The zero-order chi connectivity index (χ0) is 19.3. The average Bonchev–Trinajstić information content (AvgIpc) is 2.48. The zero-order valence-electron chi connectivity index (χ0n) is 13.6. The highest BCUT2D eigenvalue weighted by molar-refractivity contribution is 5.95. The molecule has 0 radical (unpaired) electrons. The van der Waals surface area contributed by atoms with Crippen LogP contribution in [0.1, 0.15) is 25.8 Å². The van der Waals surface area contributed by atoms with Crippen LogP contribution in [0.5, 0.6) is 0 Å². The van der Waals surface area contributed by atoms with Crippen LogP contribution in [0, 0.1) is 5.82 Å². The second kappa shape index (κ2) is 8.11. The predicted octanol–water partition coefficient (Wildman–Crippen LogP) is 3.01. The molecule has 0 unspecified atom stereocenters. The normalized spacial score (nSPS) is 14.2. The first-order valence-corrected chi connectivity index (χ1v) is 7.27. The van der Waals surface area contributed by atoms with Crippen LogP contribution in [0.3, 0.4) is 0 Å². The van der Waals surface area contributed by atoms with Gasteiger partial charge < -0.3 is 15.8 Å². The summed E-state index contributed by atoms with van der Waals surface area (Å²) in [5.74, 6) is -3.52. The van der Waals surface area contributed by atoms with E-state index in [1.807, 2.05) is 0 Å². The van der Waals surface area contributed by atoms with Crippen molar-refractivity contribution in [3.05, 3.63) is 41.7 Å². The monoisotopic (exact) mass is 362 g/mol. The van der Waals surface area contributed by atoms with Crippen molar-refractivity contribution in [3.63, 3.8) is 0 Å². The standard InChI is InChI=1S/C16H18F4N2O3/c1-3-25-13(23)5-4-8-15(2,21)11-9-10(6-7-12(11)17)22-14(24)16(18,19)20/h4-7,9H,3,8,21H2,1-2H3,(H,22,24)/b5-4+/t15-/m0/s1. The van der Waals surface area contributed by atoms with Crippen LogP contribution in [-0.4, -0.2) is 24.7 Å². The van der Waals surface area contributed by atoms with Crippen molar-refractivity contribution in [3.8, 4) is 0 Å². The lowest BCUT2D eigenvalue weighted by Crippen LogP contribution is -2.34. The van der Waals surface area contributed by atoms with E-state index in [0.717, 1.165) is 24.3 Å². The van der Waals surface area contributed by atoms with Gasteiger partial charge in [-0.1, -0.05) is 6.08 Å². The highest BCUT2D eigenvalue weighted by Crippen LogP contribution is 2.28. The zero-order valence-corrected chi connectivity index (χ0v) is 13.6. The van der Waals surface area contributed by atoms with Crippen LogP contribution in [0.25, 0.3) is 0 Å². The van der Waals surface area contributed by atoms with E-state index in [0.29, 0.717) is 0 Å². The molecule has 0 bridgehead atoms. The van der Waals surface area contributed by atoms with Crippen LogP contribution in [0.15, 0.2) is 30.4 Å². The van der Waals surface area contributed by atoms with Crippen LogP contribution >= 0.6 is 0 Å². The molecular weight excluding hydrogens is 344 g/mol. The van der Waals surface area contributed by atoms with Gasteiger partial charge in [0.25, 0.3) is 0 Å².